The Hall–Kier alpha value is -2.30. The van der Waals surface area contributed by atoms with Crippen molar-refractivity contribution in [3.63, 3.8) is 0 Å². The Morgan fingerprint density at radius 2 is 1.46 bits per heavy atom. The SMILES string of the molecule is Nc1ccc(CC2CCCCCC(Cc3cccc(C(F)(F)F)c3)C2=O)cc1. The largest absolute Gasteiger partial charge is 0.416 e. The molecule has 2 N–H and O–H groups in total. The van der Waals surface area contributed by atoms with E-state index in [2.05, 4.69) is 0 Å². The van der Waals surface area contributed by atoms with E-state index in [1.165, 1.54) is 12.1 Å². The molecule has 2 unspecified atom stereocenters. The molecule has 0 amide bonds. The van der Waals surface area contributed by atoms with Crippen LogP contribution in [0.1, 0.15) is 48.8 Å². The van der Waals surface area contributed by atoms with Gasteiger partial charge in [0, 0.05) is 17.5 Å². The summed E-state index contributed by atoms with van der Waals surface area (Å²) < 4.78 is 39.0. The smallest absolute Gasteiger partial charge is 0.399 e. The number of halogens is 3. The van der Waals surface area contributed by atoms with Gasteiger partial charge in [0.15, 0.2) is 0 Å². The fourth-order valence-electron chi connectivity index (χ4n) is 4.08. The Bertz CT molecular complexity index is 798. The highest BCUT2D eigenvalue weighted by atomic mass is 19.4. The number of benzene rings is 2. The number of hydrogen-bond donors (Lipinski definition) is 1. The van der Waals surface area contributed by atoms with E-state index in [0.29, 0.717) is 24.1 Å². The molecule has 3 rings (SSSR count). The molecular formula is C23H26F3NO. The third-order valence-electron chi connectivity index (χ3n) is 5.61. The molecule has 0 saturated heterocycles. The number of ketones is 1. The fourth-order valence-corrected chi connectivity index (χ4v) is 4.08. The van der Waals surface area contributed by atoms with Gasteiger partial charge < -0.3 is 5.73 Å². The molecule has 2 aromatic carbocycles. The summed E-state index contributed by atoms with van der Waals surface area (Å²) in [6.07, 6.45) is 1.28. The molecule has 0 spiro atoms. The summed E-state index contributed by atoms with van der Waals surface area (Å²) in [7, 11) is 0. The van der Waals surface area contributed by atoms with Gasteiger partial charge in [0.25, 0.3) is 0 Å². The quantitative estimate of drug-likeness (QED) is 0.668. The van der Waals surface area contributed by atoms with Crippen LogP contribution in [-0.4, -0.2) is 5.78 Å². The molecule has 0 aliphatic heterocycles. The molecule has 5 heteroatoms. The van der Waals surface area contributed by atoms with Crippen molar-refractivity contribution < 1.29 is 18.0 Å². The van der Waals surface area contributed by atoms with Gasteiger partial charge >= 0.3 is 6.18 Å². The van der Waals surface area contributed by atoms with Gasteiger partial charge in [-0.25, -0.2) is 0 Å². The maximum atomic E-state index is 13.2. The van der Waals surface area contributed by atoms with Gasteiger partial charge in [0.2, 0.25) is 0 Å². The van der Waals surface area contributed by atoms with Crippen molar-refractivity contribution in [1.82, 2.24) is 0 Å². The molecule has 0 radical (unpaired) electrons. The molecule has 0 bridgehead atoms. The Balaban J connectivity index is 1.75. The van der Waals surface area contributed by atoms with Gasteiger partial charge in [0.1, 0.15) is 5.78 Å². The molecule has 0 heterocycles. The van der Waals surface area contributed by atoms with Crippen LogP contribution in [0.15, 0.2) is 48.5 Å². The van der Waals surface area contributed by atoms with E-state index in [0.717, 1.165) is 43.7 Å². The molecule has 150 valence electrons. The zero-order chi connectivity index (χ0) is 20.1. The average Bonchev–Trinajstić information content (AvgIpc) is 2.65. The molecule has 0 aromatic heterocycles. The van der Waals surface area contributed by atoms with Gasteiger partial charge in [-0.2, -0.15) is 13.2 Å². The summed E-state index contributed by atoms with van der Waals surface area (Å²) in [5.74, 6) is -0.115. The van der Waals surface area contributed by atoms with Crippen LogP contribution in [0.5, 0.6) is 0 Å². The van der Waals surface area contributed by atoms with Crippen molar-refractivity contribution in [2.45, 2.75) is 51.1 Å². The lowest BCUT2D eigenvalue weighted by molar-refractivity contribution is -0.137. The third-order valence-corrected chi connectivity index (χ3v) is 5.61. The molecule has 1 aliphatic rings. The minimum atomic E-state index is -4.36. The summed E-state index contributed by atoms with van der Waals surface area (Å²) >= 11 is 0. The number of anilines is 1. The van der Waals surface area contributed by atoms with E-state index in [1.807, 2.05) is 24.3 Å². The van der Waals surface area contributed by atoms with Crippen LogP contribution in [0.3, 0.4) is 0 Å². The molecule has 1 saturated carbocycles. The summed E-state index contributed by atoms with van der Waals surface area (Å²) in [4.78, 5) is 13.2. The first-order valence-corrected chi connectivity index (χ1v) is 9.87. The summed E-state index contributed by atoms with van der Waals surface area (Å²) in [5, 5.41) is 0. The highest BCUT2D eigenvalue weighted by Crippen LogP contribution is 2.32. The van der Waals surface area contributed by atoms with E-state index in [9.17, 15) is 18.0 Å². The molecule has 2 aromatic rings. The number of nitrogen functional groups attached to an aromatic ring is 1. The lowest BCUT2D eigenvalue weighted by Crippen LogP contribution is -2.28. The van der Waals surface area contributed by atoms with Crippen LogP contribution in [0, 0.1) is 11.8 Å². The van der Waals surface area contributed by atoms with Gasteiger partial charge in [-0.05, 0) is 55.0 Å². The van der Waals surface area contributed by atoms with E-state index >= 15 is 0 Å². The Labute approximate surface area is 163 Å². The zero-order valence-corrected chi connectivity index (χ0v) is 15.8. The number of carbonyl (C=O) groups excluding carboxylic acids is 1. The van der Waals surface area contributed by atoms with Gasteiger partial charge in [-0.15, -0.1) is 0 Å². The van der Waals surface area contributed by atoms with Crippen molar-refractivity contribution in [1.29, 1.82) is 0 Å². The molecular weight excluding hydrogens is 363 g/mol. The monoisotopic (exact) mass is 389 g/mol. The number of carbonyl (C=O) groups is 1. The van der Waals surface area contributed by atoms with Crippen LogP contribution in [0.4, 0.5) is 18.9 Å². The van der Waals surface area contributed by atoms with Crippen LogP contribution < -0.4 is 5.73 Å². The van der Waals surface area contributed by atoms with Crippen LogP contribution >= 0.6 is 0 Å². The fraction of sp³-hybridized carbons (Fsp3) is 0.435. The van der Waals surface area contributed by atoms with Crippen LogP contribution in [0.2, 0.25) is 0 Å². The predicted molar refractivity (Wildman–Crippen MR) is 105 cm³/mol. The summed E-state index contributed by atoms with van der Waals surface area (Å²) in [5.41, 5.74) is 7.43. The molecule has 1 fully saturated rings. The number of alkyl halides is 3. The number of hydrogen-bond acceptors (Lipinski definition) is 2. The first-order valence-electron chi connectivity index (χ1n) is 9.87. The Kier molecular flexibility index (Phi) is 6.42. The normalized spacial score (nSPS) is 21.2. The molecule has 2 atom stereocenters. The van der Waals surface area contributed by atoms with Crippen molar-refractivity contribution in [2.24, 2.45) is 11.8 Å². The number of rotatable bonds is 4. The standard InChI is InChI=1S/C23H26F3NO/c24-23(25,26)20-8-4-5-17(15-20)14-19-7-3-1-2-6-18(22(19)28)13-16-9-11-21(27)12-10-16/h4-5,8-12,15,18-19H,1-3,6-7,13-14,27H2. The topological polar surface area (TPSA) is 43.1 Å². The second-order valence-corrected chi connectivity index (χ2v) is 7.78. The molecule has 2 nitrogen and oxygen atoms in total. The van der Waals surface area contributed by atoms with E-state index in [1.54, 1.807) is 6.07 Å². The highest BCUT2D eigenvalue weighted by molar-refractivity contribution is 5.84. The third kappa shape index (κ3) is 5.37. The van der Waals surface area contributed by atoms with E-state index in [4.69, 9.17) is 5.73 Å². The number of Topliss-reactive ketones (excluding diaryl/α,β-unsaturated/α-hetero) is 1. The van der Waals surface area contributed by atoms with E-state index < -0.39 is 11.7 Å². The van der Waals surface area contributed by atoms with Crippen molar-refractivity contribution in [2.75, 3.05) is 5.73 Å². The maximum absolute atomic E-state index is 13.2. The molecule has 1 aliphatic carbocycles. The highest BCUT2D eigenvalue weighted by Gasteiger charge is 2.32. The first-order chi connectivity index (χ1) is 13.3. The second kappa shape index (κ2) is 8.80. The van der Waals surface area contributed by atoms with Crippen LogP contribution in [-0.2, 0) is 23.8 Å². The van der Waals surface area contributed by atoms with Gasteiger partial charge in [0.05, 0.1) is 5.56 Å². The summed E-state index contributed by atoms with van der Waals surface area (Å²) in [6.45, 7) is 0. The predicted octanol–water partition coefficient (Wildman–Crippen LogP) is 5.84. The van der Waals surface area contributed by atoms with Gasteiger partial charge in [-0.1, -0.05) is 49.6 Å². The van der Waals surface area contributed by atoms with Crippen molar-refractivity contribution in [3.05, 3.63) is 65.2 Å². The average molecular weight is 389 g/mol. The number of nitrogens with two attached hydrogens (primary N) is 1. The van der Waals surface area contributed by atoms with Crippen LogP contribution in [0.25, 0.3) is 0 Å². The minimum absolute atomic E-state index is 0.0836. The summed E-state index contributed by atoms with van der Waals surface area (Å²) in [6, 6.07) is 12.9. The Morgan fingerprint density at radius 1 is 0.857 bits per heavy atom. The lowest BCUT2D eigenvalue weighted by Gasteiger charge is -2.26. The second-order valence-electron chi connectivity index (χ2n) is 7.78. The minimum Gasteiger partial charge on any atom is -0.399 e. The molecule has 28 heavy (non-hydrogen) atoms. The van der Waals surface area contributed by atoms with E-state index in [-0.39, 0.29) is 17.6 Å². The Morgan fingerprint density at radius 3 is 2.07 bits per heavy atom. The maximum Gasteiger partial charge on any atom is 0.416 e. The van der Waals surface area contributed by atoms with Crippen molar-refractivity contribution >= 4 is 11.5 Å². The van der Waals surface area contributed by atoms with Crippen molar-refractivity contribution in [3.8, 4) is 0 Å². The van der Waals surface area contributed by atoms with Gasteiger partial charge in [-0.3, -0.25) is 4.79 Å². The lowest BCUT2D eigenvalue weighted by atomic mass is 9.78. The zero-order valence-electron chi connectivity index (χ0n) is 15.8. The first kappa shape index (κ1) is 20.4.